The Labute approximate surface area is 105 Å². The molecule has 0 radical (unpaired) electrons. The molecule has 1 aliphatic heterocycles. The first-order valence-electron chi connectivity index (χ1n) is 5.42. The lowest BCUT2D eigenvalue weighted by atomic mass is 10.2. The molecular formula is C12H13ClN2O2. The highest BCUT2D eigenvalue weighted by atomic mass is 35.5. The molecule has 5 heteroatoms. The van der Waals surface area contributed by atoms with Gasteiger partial charge in [-0.15, -0.1) is 0 Å². The van der Waals surface area contributed by atoms with Gasteiger partial charge in [-0.25, -0.2) is 0 Å². The van der Waals surface area contributed by atoms with Crippen LogP contribution in [0.5, 0.6) is 0 Å². The molecule has 17 heavy (non-hydrogen) atoms. The van der Waals surface area contributed by atoms with Crippen molar-refractivity contribution in [1.29, 1.82) is 5.26 Å². The van der Waals surface area contributed by atoms with Crippen molar-refractivity contribution in [2.24, 2.45) is 0 Å². The van der Waals surface area contributed by atoms with Crippen LogP contribution >= 0.6 is 11.6 Å². The first kappa shape index (κ1) is 12.2. The minimum atomic E-state index is 0.165. The number of nitrogens with one attached hydrogen (secondary N) is 1. The van der Waals surface area contributed by atoms with Gasteiger partial charge < -0.3 is 14.8 Å². The fourth-order valence-corrected chi connectivity index (χ4v) is 1.83. The third-order valence-corrected chi connectivity index (χ3v) is 2.91. The summed E-state index contributed by atoms with van der Waals surface area (Å²) in [5.41, 5.74) is 1.38. The molecule has 2 rings (SSSR count). The Morgan fingerprint density at radius 2 is 2.41 bits per heavy atom. The average molecular weight is 253 g/mol. The number of anilines is 1. The van der Waals surface area contributed by atoms with E-state index in [0.717, 1.165) is 18.7 Å². The second-order valence-corrected chi connectivity index (χ2v) is 4.20. The summed E-state index contributed by atoms with van der Waals surface area (Å²) in [4.78, 5) is 0. The van der Waals surface area contributed by atoms with Crippen LogP contribution in [-0.2, 0) is 9.47 Å². The van der Waals surface area contributed by atoms with E-state index in [2.05, 4.69) is 5.32 Å². The Balaban J connectivity index is 1.90. The number of hydrogen-bond acceptors (Lipinski definition) is 4. The van der Waals surface area contributed by atoms with Crippen LogP contribution in [0.2, 0.25) is 5.02 Å². The van der Waals surface area contributed by atoms with E-state index in [1.165, 1.54) is 0 Å². The van der Waals surface area contributed by atoms with Gasteiger partial charge in [0, 0.05) is 12.2 Å². The van der Waals surface area contributed by atoms with Crippen molar-refractivity contribution in [3.8, 4) is 6.07 Å². The largest absolute Gasteiger partial charge is 0.382 e. The molecule has 1 saturated heterocycles. The number of halogens is 1. The highest BCUT2D eigenvalue weighted by molar-refractivity contribution is 6.32. The zero-order valence-electron chi connectivity index (χ0n) is 9.28. The summed E-state index contributed by atoms with van der Waals surface area (Å²) < 4.78 is 10.5. The highest BCUT2D eigenvalue weighted by Crippen LogP contribution is 2.20. The van der Waals surface area contributed by atoms with Crippen LogP contribution in [0.3, 0.4) is 0 Å². The molecule has 0 aromatic heterocycles. The van der Waals surface area contributed by atoms with Crippen LogP contribution in [0, 0.1) is 11.3 Å². The molecule has 90 valence electrons. The maximum atomic E-state index is 8.75. The molecule has 0 bridgehead atoms. The van der Waals surface area contributed by atoms with Crippen LogP contribution in [0.25, 0.3) is 0 Å². The van der Waals surface area contributed by atoms with Crippen LogP contribution in [0.1, 0.15) is 12.0 Å². The molecule has 1 atom stereocenters. The first-order chi connectivity index (χ1) is 8.29. The zero-order valence-corrected chi connectivity index (χ0v) is 10.0. The summed E-state index contributed by atoms with van der Waals surface area (Å²) in [7, 11) is 0. The number of nitrogens with zero attached hydrogens (tertiary/aromatic N) is 1. The molecule has 1 aromatic carbocycles. The highest BCUT2D eigenvalue weighted by Gasteiger charge is 2.13. The van der Waals surface area contributed by atoms with Crippen LogP contribution in [0.4, 0.5) is 5.69 Å². The van der Waals surface area contributed by atoms with Gasteiger partial charge in [0.1, 0.15) is 12.9 Å². The molecular weight excluding hydrogens is 240 g/mol. The summed E-state index contributed by atoms with van der Waals surface area (Å²) in [6.07, 6.45) is 1.05. The molecule has 0 aliphatic carbocycles. The van der Waals surface area contributed by atoms with Gasteiger partial charge in [-0.3, -0.25) is 0 Å². The van der Waals surface area contributed by atoms with Crippen LogP contribution in [-0.4, -0.2) is 26.0 Å². The lowest BCUT2D eigenvalue weighted by Gasteiger charge is -2.23. The van der Waals surface area contributed by atoms with E-state index in [9.17, 15) is 0 Å². The predicted molar refractivity (Wildman–Crippen MR) is 65.0 cm³/mol. The Kier molecular flexibility index (Phi) is 4.21. The molecule has 0 saturated carbocycles. The summed E-state index contributed by atoms with van der Waals surface area (Å²) in [5, 5.41) is 12.4. The normalized spacial score (nSPS) is 19.6. The van der Waals surface area contributed by atoms with Crippen molar-refractivity contribution in [3.63, 3.8) is 0 Å². The van der Waals surface area contributed by atoms with E-state index in [-0.39, 0.29) is 6.10 Å². The van der Waals surface area contributed by atoms with Crippen molar-refractivity contribution < 1.29 is 9.47 Å². The van der Waals surface area contributed by atoms with Crippen molar-refractivity contribution >= 4 is 17.3 Å². The van der Waals surface area contributed by atoms with E-state index in [1.54, 1.807) is 12.1 Å². The second kappa shape index (κ2) is 5.87. The van der Waals surface area contributed by atoms with Gasteiger partial charge in [0.05, 0.1) is 23.3 Å². The smallest absolute Gasteiger partial charge is 0.147 e. The molecule has 1 aromatic rings. The Morgan fingerprint density at radius 3 is 3.06 bits per heavy atom. The lowest BCUT2D eigenvalue weighted by Crippen LogP contribution is -2.30. The monoisotopic (exact) mass is 252 g/mol. The molecule has 1 fully saturated rings. The van der Waals surface area contributed by atoms with Gasteiger partial charge in [0.15, 0.2) is 0 Å². The van der Waals surface area contributed by atoms with Gasteiger partial charge >= 0.3 is 0 Å². The molecule has 1 heterocycles. The molecule has 1 aliphatic rings. The van der Waals surface area contributed by atoms with Crippen molar-refractivity contribution in [3.05, 3.63) is 28.8 Å². The molecule has 0 spiro atoms. The van der Waals surface area contributed by atoms with Gasteiger partial charge in [-0.1, -0.05) is 11.6 Å². The molecule has 1 N–H and O–H groups in total. The van der Waals surface area contributed by atoms with Crippen molar-refractivity contribution in [1.82, 2.24) is 0 Å². The molecule has 0 amide bonds. The second-order valence-electron chi connectivity index (χ2n) is 3.79. The summed E-state index contributed by atoms with van der Waals surface area (Å²) >= 11 is 5.94. The van der Waals surface area contributed by atoms with Gasteiger partial charge in [-0.05, 0) is 24.6 Å². The van der Waals surface area contributed by atoms with Gasteiger partial charge in [0.25, 0.3) is 0 Å². The van der Waals surface area contributed by atoms with E-state index >= 15 is 0 Å². The van der Waals surface area contributed by atoms with E-state index < -0.39 is 0 Å². The molecule has 4 nitrogen and oxygen atoms in total. The van der Waals surface area contributed by atoms with Gasteiger partial charge in [-0.2, -0.15) is 5.26 Å². The number of benzene rings is 1. The van der Waals surface area contributed by atoms with E-state index in [0.29, 0.717) is 23.9 Å². The SMILES string of the molecule is N#Cc1ccc(NCC2CCOCO2)cc1Cl. The first-order valence-corrected chi connectivity index (χ1v) is 5.80. The molecule has 1 unspecified atom stereocenters. The minimum absolute atomic E-state index is 0.165. The third-order valence-electron chi connectivity index (χ3n) is 2.59. The Bertz CT molecular complexity index is 425. The van der Waals surface area contributed by atoms with E-state index in [4.69, 9.17) is 26.3 Å². The van der Waals surface area contributed by atoms with E-state index in [1.807, 2.05) is 12.1 Å². The number of rotatable bonds is 3. The maximum Gasteiger partial charge on any atom is 0.147 e. The fraction of sp³-hybridized carbons (Fsp3) is 0.417. The number of nitriles is 1. The summed E-state index contributed by atoms with van der Waals surface area (Å²) in [5.74, 6) is 0. The topological polar surface area (TPSA) is 54.3 Å². The fourth-order valence-electron chi connectivity index (χ4n) is 1.61. The number of hydrogen-bond donors (Lipinski definition) is 1. The van der Waals surface area contributed by atoms with Crippen LogP contribution in [0.15, 0.2) is 18.2 Å². The number of ether oxygens (including phenoxy) is 2. The Morgan fingerprint density at radius 1 is 1.53 bits per heavy atom. The average Bonchev–Trinajstić information content (AvgIpc) is 2.38. The van der Waals surface area contributed by atoms with Crippen molar-refractivity contribution in [2.75, 3.05) is 25.3 Å². The zero-order chi connectivity index (χ0) is 12.1. The van der Waals surface area contributed by atoms with Crippen molar-refractivity contribution in [2.45, 2.75) is 12.5 Å². The quantitative estimate of drug-likeness (QED) is 0.898. The minimum Gasteiger partial charge on any atom is -0.382 e. The Hall–Kier alpha value is -1.28. The lowest BCUT2D eigenvalue weighted by molar-refractivity contribution is -0.133. The third kappa shape index (κ3) is 3.34. The predicted octanol–water partition coefficient (Wildman–Crippen LogP) is 2.39. The summed E-state index contributed by atoms with van der Waals surface area (Å²) in [6.45, 7) is 1.81. The standard InChI is InChI=1S/C12H13ClN2O2/c13-12-5-10(2-1-9(12)6-14)15-7-11-3-4-16-8-17-11/h1-2,5,11,15H,3-4,7-8H2. The summed E-state index contributed by atoms with van der Waals surface area (Å²) in [6, 6.07) is 7.32. The maximum absolute atomic E-state index is 8.75. The van der Waals surface area contributed by atoms with Gasteiger partial charge in [0.2, 0.25) is 0 Å². The van der Waals surface area contributed by atoms with Crippen LogP contribution < -0.4 is 5.32 Å².